The molecule has 3 aromatic carbocycles. The van der Waals surface area contributed by atoms with Crippen LogP contribution in [-0.4, -0.2) is 36.8 Å². The summed E-state index contributed by atoms with van der Waals surface area (Å²) in [5.74, 6) is 1.75. The molecular formula is C27H39NO3. The Kier molecular flexibility index (Phi) is 9.00. The minimum absolute atomic E-state index is 0.285. The lowest BCUT2D eigenvalue weighted by Gasteiger charge is -2.37. The zero-order chi connectivity index (χ0) is 23.1. The van der Waals surface area contributed by atoms with Gasteiger partial charge >= 0.3 is 0 Å². The number of benzene rings is 3. The third kappa shape index (κ3) is 4.59. The molecule has 1 N–H and O–H groups in total. The highest BCUT2D eigenvalue weighted by Crippen LogP contribution is 2.43. The molecule has 3 aromatic rings. The summed E-state index contributed by atoms with van der Waals surface area (Å²) in [6, 6.07) is 10.4. The van der Waals surface area contributed by atoms with Gasteiger partial charge in [0, 0.05) is 12.6 Å². The molecule has 0 bridgehead atoms. The van der Waals surface area contributed by atoms with E-state index in [1.165, 1.54) is 21.9 Å². The van der Waals surface area contributed by atoms with Gasteiger partial charge in [0.1, 0.15) is 5.75 Å². The normalized spacial score (nSPS) is 15.4. The average Bonchev–Trinajstić information content (AvgIpc) is 2.84. The lowest BCUT2D eigenvalue weighted by atomic mass is 9.84. The van der Waals surface area contributed by atoms with Crippen LogP contribution in [0, 0.1) is 0 Å². The van der Waals surface area contributed by atoms with Crippen molar-refractivity contribution >= 4 is 21.5 Å². The van der Waals surface area contributed by atoms with Crippen LogP contribution < -0.4 is 9.47 Å². The SMILES string of the molecule is CC.CC.CCC1Cc2c(c3ccc(O)cc3c3cc(OC)c(OC)cc23)CN1CC. The highest BCUT2D eigenvalue weighted by atomic mass is 16.5. The quantitative estimate of drug-likeness (QED) is 0.460. The molecule has 4 heteroatoms. The second-order valence-corrected chi connectivity index (χ2v) is 7.27. The zero-order valence-corrected chi connectivity index (χ0v) is 20.5. The van der Waals surface area contributed by atoms with E-state index in [1.807, 2.05) is 39.8 Å². The van der Waals surface area contributed by atoms with Gasteiger partial charge in [0.15, 0.2) is 11.5 Å². The second-order valence-electron chi connectivity index (χ2n) is 7.27. The van der Waals surface area contributed by atoms with Crippen LogP contribution in [0.4, 0.5) is 0 Å². The van der Waals surface area contributed by atoms with Crippen molar-refractivity contribution < 1.29 is 14.6 Å². The largest absolute Gasteiger partial charge is 0.508 e. The molecule has 0 saturated heterocycles. The summed E-state index contributed by atoms with van der Waals surface area (Å²) in [6.45, 7) is 14.5. The van der Waals surface area contributed by atoms with E-state index in [2.05, 4.69) is 30.9 Å². The summed E-state index contributed by atoms with van der Waals surface area (Å²) >= 11 is 0. The molecule has 0 fully saturated rings. The molecule has 0 aliphatic carbocycles. The number of nitrogens with zero attached hydrogens (tertiary/aromatic N) is 1. The van der Waals surface area contributed by atoms with Crippen LogP contribution in [0.3, 0.4) is 0 Å². The summed E-state index contributed by atoms with van der Waals surface area (Å²) in [5.41, 5.74) is 2.77. The maximum atomic E-state index is 10.1. The minimum Gasteiger partial charge on any atom is -0.508 e. The molecule has 0 aromatic heterocycles. The van der Waals surface area contributed by atoms with Gasteiger partial charge in [-0.2, -0.15) is 0 Å². The first-order valence-corrected chi connectivity index (χ1v) is 11.7. The Hall–Kier alpha value is -2.46. The zero-order valence-electron chi connectivity index (χ0n) is 20.5. The van der Waals surface area contributed by atoms with Gasteiger partial charge in [-0.1, -0.05) is 47.6 Å². The Balaban J connectivity index is 0.000000807. The Morgan fingerprint density at radius 3 is 1.97 bits per heavy atom. The van der Waals surface area contributed by atoms with Crippen molar-refractivity contribution in [1.29, 1.82) is 0 Å². The third-order valence-electron chi connectivity index (χ3n) is 6.03. The molecule has 31 heavy (non-hydrogen) atoms. The molecule has 1 aliphatic rings. The van der Waals surface area contributed by atoms with Crippen molar-refractivity contribution in [3.8, 4) is 17.2 Å². The van der Waals surface area contributed by atoms with Gasteiger partial charge in [-0.3, -0.25) is 4.90 Å². The number of phenols is 1. The average molecular weight is 426 g/mol. The number of likely N-dealkylation sites (N-methyl/N-ethyl adjacent to an activating group) is 1. The van der Waals surface area contributed by atoms with E-state index in [0.717, 1.165) is 42.5 Å². The Bertz CT molecular complexity index is 1010. The van der Waals surface area contributed by atoms with Gasteiger partial charge in [-0.15, -0.1) is 0 Å². The Morgan fingerprint density at radius 1 is 0.839 bits per heavy atom. The molecular weight excluding hydrogens is 386 g/mol. The van der Waals surface area contributed by atoms with Crippen LogP contribution in [0.1, 0.15) is 59.1 Å². The summed E-state index contributed by atoms with van der Waals surface area (Å²) in [7, 11) is 3.34. The molecule has 1 aliphatic heterocycles. The number of phenolic OH excluding ortho intramolecular Hbond substituents is 1. The van der Waals surface area contributed by atoms with E-state index in [1.54, 1.807) is 20.3 Å². The second kappa shape index (κ2) is 11.2. The van der Waals surface area contributed by atoms with E-state index < -0.39 is 0 Å². The topological polar surface area (TPSA) is 41.9 Å². The number of fused-ring (bicyclic) bond motifs is 6. The maximum absolute atomic E-state index is 10.1. The van der Waals surface area contributed by atoms with Crippen molar-refractivity contribution in [2.24, 2.45) is 0 Å². The lowest BCUT2D eigenvalue weighted by Crippen LogP contribution is -2.39. The molecule has 4 rings (SSSR count). The number of rotatable bonds is 4. The van der Waals surface area contributed by atoms with Crippen LogP contribution in [0.15, 0.2) is 30.3 Å². The summed E-state index contributed by atoms with van der Waals surface area (Å²) in [6.07, 6.45) is 2.16. The lowest BCUT2D eigenvalue weighted by molar-refractivity contribution is 0.178. The van der Waals surface area contributed by atoms with Gasteiger partial charge in [0.2, 0.25) is 0 Å². The molecule has 0 saturated carbocycles. The van der Waals surface area contributed by atoms with Crippen LogP contribution >= 0.6 is 0 Å². The monoisotopic (exact) mass is 425 g/mol. The number of methoxy groups -OCH3 is 2. The van der Waals surface area contributed by atoms with E-state index in [4.69, 9.17) is 9.47 Å². The highest BCUT2D eigenvalue weighted by Gasteiger charge is 2.28. The van der Waals surface area contributed by atoms with Crippen molar-refractivity contribution in [2.45, 2.75) is 67.0 Å². The minimum atomic E-state index is 0.285. The molecule has 0 radical (unpaired) electrons. The summed E-state index contributed by atoms with van der Waals surface area (Å²) in [5, 5.41) is 14.7. The predicted octanol–water partition coefficient (Wildman–Crippen LogP) is 6.92. The fraction of sp³-hybridized carbons (Fsp3) is 0.481. The van der Waals surface area contributed by atoms with Gasteiger partial charge in [0.25, 0.3) is 0 Å². The molecule has 0 amide bonds. The van der Waals surface area contributed by atoms with Crippen molar-refractivity contribution in [2.75, 3.05) is 20.8 Å². The van der Waals surface area contributed by atoms with Crippen molar-refractivity contribution in [3.63, 3.8) is 0 Å². The van der Waals surface area contributed by atoms with E-state index in [-0.39, 0.29) is 5.75 Å². The van der Waals surface area contributed by atoms with Crippen LogP contribution in [0.25, 0.3) is 21.5 Å². The summed E-state index contributed by atoms with van der Waals surface area (Å²) in [4.78, 5) is 2.56. The molecule has 4 nitrogen and oxygen atoms in total. The van der Waals surface area contributed by atoms with Crippen LogP contribution in [0.2, 0.25) is 0 Å². The molecule has 1 heterocycles. The van der Waals surface area contributed by atoms with E-state index >= 15 is 0 Å². The van der Waals surface area contributed by atoms with Crippen molar-refractivity contribution in [1.82, 2.24) is 4.90 Å². The highest BCUT2D eigenvalue weighted by molar-refractivity contribution is 6.12. The van der Waals surface area contributed by atoms with E-state index in [9.17, 15) is 5.11 Å². The number of hydrogen-bond acceptors (Lipinski definition) is 4. The maximum Gasteiger partial charge on any atom is 0.161 e. The fourth-order valence-electron chi connectivity index (χ4n) is 4.58. The molecule has 1 atom stereocenters. The Labute approximate surface area is 187 Å². The van der Waals surface area contributed by atoms with Crippen LogP contribution in [-0.2, 0) is 13.0 Å². The van der Waals surface area contributed by atoms with Gasteiger partial charge in [-0.25, -0.2) is 0 Å². The smallest absolute Gasteiger partial charge is 0.161 e. The number of hydrogen-bond donors (Lipinski definition) is 1. The summed E-state index contributed by atoms with van der Waals surface area (Å²) < 4.78 is 11.1. The number of aromatic hydroxyl groups is 1. The predicted molar refractivity (Wildman–Crippen MR) is 133 cm³/mol. The van der Waals surface area contributed by atoms with Gasteiger partial charge in [-0.05, 0) is 76.3 Å². The molecule has 0 spiro atoms. The first-order chi connectivity index (χ1) is 15.1. The first kappa shape index (κ1) is 24.8. The fourth-order valence-corrected chi connectivity index (χ4v) is 4.58. The van der Waals surface area contributed by atoms with Crippen molar-refractivity contribution in [3.05, 3.63) is 41.5 Å². The van der Waals surface area contributed by atoms with Crippen LogP contribution in [0.5, 0.6) is 17.2 Å². The Morgan fingerprint density at radius 2 is 1.42 bits per heavy atom. The number of ether oxygens (including phenoxy) is 2. The molecule has 170 valence electrons. The molecule has 1 unspecified atom stereocenters. The van der Waals surface area contributed by atoms with Gasteiger partial charge in [0.05, 0.1) is 14.2 Å². The van der Waals surface area contributed by atoms with E-state index in [0.29, 0.717) is 11.8 Å². The first-order valence-electron chi connectivity index (χ1n) is 11.7. The van der Waals surface area contributed by atoms with Gasteiger partial charge < -0.3 is 14.6 Å². The third-order valence-corrected chi connectivity index (χ3v) is 6.03. The standard InChI is InChI=1S/C23H27NO3.2C2H6/c1-5-14-9-17-19-11-22(26-3)23(27-4)12-20(19)18-10-15(25)7-8-16(18)21(17)13-24(14)6-2;2*1-2/h7-8,10-12,14,25H,5-6,9,13H2,1-4H3;2*1-2H3.